The van der Waals surface area contributed by atoms with Gasteiger partial charge in [0, 0.05) is 18.2 Å². The first-order chi connectivity index (χ1) is 12.0. The maximum Gasteiger partial charge on any atom is 0.241 e. The van der Waals surface area contributed by atoms with Crippen molar-refractivity contribution in [3.8, 4) is 0 Å². The second kappa shape index (κ2) is 9.29. The first-order valence-corrected chi connectivity index (χ1v) is 9.28. The molecule has 134 valence electrons. The summed E-state index contributed by atoms with van der Waals surface area (Å²) >= 11 is 1.47. The lowest BCUT2D eigenvalue weighted by Gasteiger charge is -2.16. The maximum atomic E-state index is 12.4. The summed E-state index contributed by atoms with van der Waals surface area (Å²) in [4.78, 5) is 28.5. The van der Waals surface area contributed by atoms with Crippen molar-refractivity contribution in [2.75, 3.05) is 10.6 Å². The van der Waals surface area contributed by atoms with Gasteiger partial charge < -0.3 is 16.4 Å². The Morgan fingerprint density at radius 2 is 2.08 bits per heavy atom. The number of nitrogens with two attached hydrogens (primary N) is 1. The number of aromatic nitrogens is 1. The summed E-state index contributed by atoms with van der Waals surface area (Å²) in [5, 5.41) is 7.55. The van der Waals surface area contributed by atoms with E-state index in [4.69, 9.17) is 5.73 Å². The van der Waals surface area contributed by atoms with Gasteiger partial charge in [-0.2, -0.15) is 0 Å². The number of unbranched alkanes of at least 4 members (excludes halogenated alkanes) is 1. The van der Waals surface area contributed by atoms with Crippen molar-refractivity contribution in [2.45, 2.75) is 45.6 Å². The van der Waals surface area contributed by atoms with Crippen LogP contribution in [0.25, 0.3) is 0 Å². The predicted octanol–water partition coefficient (Wildman–Crippen LogP) is 3.09. The molecule has 0 unspecified atom stereocenters. The van der Waals surface area contributed by atoms with Crippen molar-refractivity contribution >= 4 is 34.5 Å². The summed E-state index contributed by atoms with van der Waals surface area (Å²) in [5.41, 5.74) is 10.6. The minimum atomic E-state index is -0.703. The van der Waals surface area contributed by atoms with E-state index >= 15 is 0 Å². The molecular formula is C18H24N4O2S. The number of amides is 2. The zero-order valence-electron chi connectivity index (χ0n) is 14.5. The van der Waals surface area contributed by atoms with E-state index in [0.29, 0.717) is 24.2 Å². The summed E-state index contributed by atoms with van der Waals surface area (Å²) in [6.07, 6.45) is 2.62. The Kier molecular flexibility index (Phi) is 7.09. The number of nitrogens with zero attached hydrogens (tertiary/aromatic N) is 1. The number of aryl methyl sites for hydroxylation is 1. The van der Waals surface area contributed by atoms with Crippen LogP contribution >= 0.6 is 11.3 Å². The fraction of sp³-hybridized carbons (Fsp3) is 0.389. The lowest BCUT2D eigenvalue weighted by molar-refractivity contribution is -0.117. The lowest BCUT2D eigenvalue weighted by Crippen LogP contribution is -2.37. The molecule has 2 rings (SSSR count). The Morgan fingerprint density at radius 3 is 2.76 bits per heavy atom. The Morgan fingerprint density at radius 1 is 1.28 bits per heavy atom. The van der Waals surface area contributed by atoms with Crippen LogP contribution in [0.4, 0.5) is 11.4 Å². The van der Waals surface area contributed by atoms with E-state index in [1.807, 2.05) is 31.4 Å². The number of anilines is 2. The molecule has 0 aliphatic heterocycles. The van der Waals surface area contributed by atoms with Crippen LogP contribution in [0.3, 0.4) is 0 Å². The molecule has 0 aliphatic carbocycles. The van der Waals surface area contributed by atoms with Gasteiger partial charge >= 0.3 is 0 Å². The third-order valence-corrected chi connectivity index (χ3v) is 4.35. The molecule has 0 spiro atoms. The van der Waals surface area contributed by atoms with Gasteiger partial charge in [0.15, 0.2) is 0 Å². The highest BCUT2D eigenvalue weighted by molar-refractivity contribution is 7.07. The molecule has 0 aliphatic rings. The molecular weight excluding hydrogens is 336 g/mol. The van der Waals surface area contributed by atoms with Crippen LogP contribution in [0.15, 0.2) is 29.1 Å². The highest BCUT2D eigenvalue weighted by Crippen LogP contribution is 2.24. The van der Waals surface area contributed by atoms with Gasteiger partial charge in [0.25, 0.3) is 0 Å². The van der Waals surface area contributed by atoms with Gasteiger partial charge in [0.1, 0.15) is 0 Å². The third-order valence-electron chi connectivity index (χ3n) is 3.71. The first kappa shape index (κ1) is 19.1. The molecule has 7 heteroatoms. The van der Waals surface area contributed by atoms with Gasteiger partial charge in [-0.15, -0.1) is 11.3 Å². The van der Waals surface area contributed by atoms with Crippen LogP contribution in [-0.2, 0) is 16.0 Å². The van der Waals surface area contributed by atoms with Crippen molar-refractivity contribution in [2.24, 2.45) is 5.73 Å². The van der Waals surface area contributed by atoms with Gasteiger partial charge in [-0.1, -0.05) is 19.4 Å². The number of benzene rings is 1. The normalized spacial score (nSPS) is 11.8. The SMILES string of the molecule is CCCCC(=O)Nc1ccc(C)cc1NC(=O)[C@@H](N)Cc1cscn1. The minimum absolute atomic E-state index is 0.0621. The second-order valence-electron chi connectivity index (χ2n) is 5.98. The fourth-order valence-corrected chi connectivity index (χ4v) is 2.87. The van der Waals surface area contributed by atoms with E-state index in [9.17, 15) is 9.59 Å². The van der Waals surface area contributed by atoms with E-state index < -0.39 is 6.04 Å². The van der Waals surface area contributed by atoms with Crippen LogP contribution in [0.2, 0.25) is 0 Å². The number of carbonyl (C=O) groups excluding carboxylic acids is 2. The minimum Gasteiger partial charge on any atom is -0.324 e. The van der Waals surface area contributed by atoms with Crippen molar-refractivity contribution in [3.05, 3.63) is 40.3 Å². The Hall–Kier alpha value is -2.25. The van der Waals surface area contributed by atoms with Gasteiger partial charge in [-0.25, -0.2) is 4.98 Å². The van der Waals surface area contributed by atoms with Crippen LogP contribution in [0, 0.1) is 6.92 Å². The zero-order chi connectivity index (χ0) is 18.2. The molecule has 2 aromatic rings. The summed E-state index contributed by atoms with van der Waals surface area (Å²) in [6, 6.07) is 4.80. The molecule has 0 radical (unpaired) electrons. The molecule has 1 aromatic heterocycles. The van der Waals surface area contributed by atoms with Crippen LogP contribution in [0.1, 0.15) is 37.4 Å². The summed E-state index contributed by atoms with van der Waals surface area (Å²) in [7, 11) is 0. The molecule has 0 bridgehead atoms. The summed E-state index contributed by atoms with van der Waals surface area (Å²) in [5.74, 6) is -0.365. The molecule has 1 heterocycles. The van der Waals surface area contributed by atoms with E-state index in [2.05, 4.69) is 15.6 Å². The average Bonchev–Trinajstić information content (AvgIpc) is 3.08. The first-order valence-electron chi connectivity index (χ1n) is 8.33. The zero-order valence-corrected chi connectivity index (χ0v) is 15.4. The quantitative estimate of drug-likeness (QED) is 0.674. The van der Waals surface area contributed by atoms with Gasteiger partial charge in [0.2, 0.25) is 11.8 Å². The molecule has 1 atom stereocenters. The predicted molar refractivity (Wildman–Crippen MR) is 102 cm³/mol. The summed E-state index contributed by atoms with van der Waals surface area (Å²) in [6.45, 7) is 3.96. The molecule has 4 N–H and O–H groups in total. The van der Waals surface area contributed by atoms with Crippen molar-refractivity contribution in [1.82, 2.24) is 4.98 Å². The monoisotopic (exact) mass is 360 g/mol. The van der Waals surface area contributed by atoms with Crippen molar-refractivity contribution in [3.63, 3.8) is 0 Å². The molecule has 25 heavy (non-hydrogen) atoms. The van der Waals surface area contributed by atoms with Gasteiger partial charge in [-0.05, 0) is 31.0 Å². The van der Waals surface area contributed by atoms with Crippen molar-refractivity contribution < 1.29 is 9.59 Å². The van der Waals surface area contributed by atoms with E-state index in [0.717, 1.165) is 24.1 Å². The highest BCUT2D eigenvalue weighted by Gasteiger charge is 2.17. The number of hydrogen-bond acceptors (Lipinski definition) is 5. The van der Waals surface area contributed by atoms with Crippen LogP contribution in [0.5, 0.6) is 0 Å². The number of carbonyl (C=O) groups is 2. The molecule has 6 nitrogen and oxygen atoms in total. The topological polar surface area (TPSA) is 97.1 Å². The average molecular weight is 360 g/mol. The fourth-order valence-electron chi connectivity index (χ4n) is 2.30. The number of thiazole rings is 1. The molecule has 0 saturated carbocycles. The Labute approximate surface area is 151 Å². The highest BCUT2D eigenvalue weighted by atomic mass is 32.1. The van der Waals surface area contributed by atoms with Crippen LogP contribution in [-0.4, -0.2) is 22.8 Å². The lowest BCUT2D eigenvalue weighted by atomic mass is 10.1. The molecule has 0 saturated heterocycles. The molecule has 2 amide bonds. The third kappa shape index (κ3) is 5.95. The number of rotatable bonds is 8. The number of hydrogen-bond donors (Lipinski definition) is 3. The summed E-state index contributed by atoms with van der Waals surface area (Å²) < 4.78 is 0. The van der Waals surface area contributed by atoms with E-state index in [-0.39, 0.29) is 11.8 Å². The second-order valence-corrected chi connectivity index (χ2v) is 6.70. The van der Waals surface area contributed by atoms with Crippen molar-refractivity contribution in [1.29, 1.82) is 0 Å². The Bertz CT molecular complexity index is 716. The van der Waals surface area contributed by atoms with E-state index in [1.165, 1.54) is 11.3 Å². The van der Waals surface area contributed by atoms with E-state index in [1.54, 1.807) is 11.6 Å². The standard InChI is InChI=1S/C18H24N4O2S/c1-3-4-5-17(23)21-15-7-6-12(2)8-16(15)22-18(24)14(19)9-13-10-25-11-20-13/h6-8,10-11,14H,3-5,9,19H2,1-2H3,(H,21,23)(H,22,24)/t14-/m0/s1. The smallest absolute Gasteiger partial charge is 0.241 e. The number of nitrogens with one attached hydrogen (secondary N) is 2. The van der Waals surface area contributed by atoms with Gasteiger partial charge in [0.05, 0.1) is 28.6 Å². The Balaban J connectivity index is 2.05. The largest absolute Gasteiger partial charge is 0.324 e. The molecule has 1 aromatic carbocycles. The van der Waals surface area contributed by atoms with Gasteiger partial charge in [-0.3, -0.25) is 9.59 Å². The molecule has 0 fully saturated rings. The maximum absolute atomic E-state index is 12.4. The van der Waals surface area contributed by atoms with Crippen LogP contribution < -0.4 is 16.4 Å².